The molecule has 0 saturated heterocycles. The molecule has 21 heavy (non-hydrogen) atoms. The Hall–Kier alpha value is -1.87. The maximum atomic E-state index is 12.4. The molecule has 0 radical (unpaired) electrons. The number of benzene rings is 1. The van der Waals surface area contributed by atoms with Gasteiger partial charge in [0.15, 0.2) is 5.78 Å². The number of hydrogen-bond acceptors (Lipinski definition) is 3. The summed E-state index contributed by atoms with van der Waals surface area (Å²) in [4.78, 5) is 14.4. The highest BCUT2D eigenvalue weighted by Crippen LogP contribution is 2.23. The van der Waals surface area contributed by atoms with Gasteiger partial charge in [-0.2, -0.15) is 0 Å². The average molecular weight is 283 g/mol. The van der Waals surface area contributed by atoms with Gasteiger partial charge in [-0.1, -0.05) is 12.1 Å². The quantitative estimate of drug-likeness (QED) is 0.789. The van der Waals surface area contributed by atoms with Crippen molar-refractivity contribution in [3.05, 3.63) is 58.5 Å². The van der Waals surface area contributed by atoms with E-state index in [1.54, 1.807) is 6.26 Å². The highest BCUT2D eigenvalue weighted by Gasteiger charge is 2.15. The van der Waals surface area contributed by atoms with Crippen molar-refractivity contribution in [3.63, 3.8) is 0 Å². The van der Waals surface area contributed by atoms with E-state index in [1.165, 1.54) is 17.5 Å². The third-order valence-electron chi connectivity index (χ3n) is 4.24. The molecule has 1 aliphatic rings. The summed E-state index contributed by atoms with van der Waals surface area (Å²) in [6, 6.07) is 8.15. The molecule has 2 aromatic rings. The minimum Gasteiger partial charge on any atom is -0.469 e. The third kappa shape index (κ3) is 3.08. The first-order chi connectivity index (χ1) is 10.1. The third-order valence-corrected chi connectivity index (χ3v) is 4.24. The number of aryl methyl sites for hydroxylation is 3. The van der Waals surface area contributed by atoms with Gasteiger partial charge in [0.2, 0.25) is 0 Å². The van der Waals surface area contributed by atoms with Crippen molar-refractivity contribution in [1.29, 1.82) is 0 Å². The van der Waals surface area contributed by atoms with Crippen molar-refractivity contribution in [3.8, 4) is 0 Å². The molecule has 1 aliphatic carbocycles. The van der Waals surface area contributed by atoms with Gasteiger partial charge in [0.25, 0.3) is 0 Å². The predicted octanol–water partition coefficient (Wildman–Crippen LogP) is 3.39. The van der Waals surface area contributed by atoms with Crippen molar-refractivity contribution in [1.82, 2.24) is 4.90 Å². The van der Waals surface area contributed by atoms with E-state index in [-0.39, 0.29) is 5.78 Å². The van der Waals surface area contributed by atoms with Crippen LogP contribution in [0.5, 0.6) is 0 Å². The fourth-order valence-corrected chi connectivity index (χ4v) is 3.00. The molecule has 0 fully saturated rings. The molecule has 0 N–H and O–H groups in total. The molecule has 1 aromatic carbocycles. The van der Waals surface area contributed by atoms with Crippen LogP contribution in [0.25, 0.3) is 0 Å². The first kappa shape index (κ1) is 14.1. The zero-order valence-electron chi connectivity index (χ0n) is 12.7. The SMILES string of the molecule is Cc1occc1CN(C)CC(=O)c1ccc2c(c1)CCC2. The molecule has 0 saturated carbocycles. The van der Waals surface area contributed by atoms with Gasteiger partial charge < -0.3 is 4.42 Å². The zero-order valence-corrected chi connectivity index (χ0v) is 12.7. The van der Waals surface area contributed by atoms with E-state index in [0.29, 0.717) is 6.54 Å². The lowest BCUT2D eigenvalue weighted by Crippen LogP contribution is -2.25. The molecule has 0 bridgehead atoms. The van der Waals surface area contributed by atoms with Crippen LogP contribution in [-0.2, 0) is 19.4 Å². The normalized spacial score (nSPS) is 13.7. The number of nitrogens with zero attached hydrogens (tertiary/aromatic N) is 1. The number of hydrogen-bond donors (Lipinski definition) is 0. The molecular weight excluding hydrogens is 262 g/mol. The molecule has 0 aliphatic heterocycles. The summed E-state index contributed by atoms with van der Waals surface area (Å²) in [6.45, 7) is 3.12. The van der Waals surface area contributed by atoms with Gasteiger partial charge in [-0.25, -0.2) is 0 Å². The lowest BCUT2D eigenvalue weighted by molar-refractivity contribution is 0.0942. The number of carbonyl (C=O) groups excluding carboxylic acids is 1. The van der Waals surface area contributed by atoms with Gasteiger partial charge in [-0.3, -0.25) is 9.69 Å². The topological polar surface area (TPSA) is 33.5 Å². The Labute approximate surface area is 125 Å². The van der Waals surface area contributed by atoms with Crippen LogP contribution < -0.4 is 0 Å². The van der Waals surface area contributed by atoms with Crippen molar-refractivity contribution < 1.29 is 9.21 Å². The molecule has 1 heterocycles. The molecule has 0 atom stereocenters. The molecular formula is C18H21NO2. The summed E-state index contributed by atoms with van der Waals surface area (Å²) in [5.74, 6) is 1.11. The van der Waals surface area contributed by atoms with E-state index in [2.05, 4.69) is 12.1 Å². The number of ketones is 1. The second-order valence-electron chi connectivity index (χ2n) is 5.93. The molecule has 0 unspecified atom stereocenters. The maximum absolute atomic E-state index is 12.4. The van der Waals surface area contributed by atoms with Gasteiger partial charge >= 0.3 is 0 Å². The highest BCUT2D eigenvalue weighted by atomic mass is 16.3. The molecule has 1 aromatic heterocycles. The fraction of sp³-hybridized carbons (Fsp3) is 0.389. The summed E-state index contributed by atoms with van der Waals surface area (Å²) >= 11 is 0. The largest absolute Gasteiger partial charge is 0.469 e. The van der Waals surface area contributed by atoms with Crippen molar-refractivity contribution in [2.45, 2.75) is 32.7 Å². The van der Waals surface area contributed by atoms with Gasteiger partial charge in [0.05, 0.1) is 12.8 Å². The van der Waals surface area contributed by atoms with Crippen LogP contribution in [0.3, 0.4) is 0 Å². The number of rotatable bonds is 5. The molecule has 0 spiro atoms. The Balaban J connectivity index is 1.64. The minimum atomic E-state index is 0.188. The molecule has 0 amide bonds. The van der Waals surface area contributed by atoms with Crippen LogP contribution in [0.2, 0.25) is 0 Å². The Morgan fingerprint density at radius 3 is 2.81 bits per heavy atom. The summed E-state index contributed by atoms with van der Waals surface area (Å²) in [6.07, 6.45) is 5.18. The summed E-state index contributed by atoms with van der Waals surface area (Å²) in [5, 5.41) is 0. The molecule has 3 heteroatoms. The van der Waals surface area contributed by atoms with Crippen LogP contribution >= 0.6 is 0 Å². The molecule has 3 rings (SSSR count). The van der Waals surface area contributed by atoms with Crippen molar-refractivity contribution in [2.75, 3.05) is 13.6 Å². The summed E-state index contributed by atoms with van der Waals surface area (Å²) < 4.78 is 5.29. The fourth-order valence-electron chi connectivity index (χ4n) is 3.00. The van der Waals surface area contributed by atoms with E-state index in [1.807, 2.05) is 31.0 Å². The Morgan fingerprint density at radius 2 is 2.05 bits per heavy atom. The number of fused-ring (bicyclic) bond motifs is 1. The van der Waals surface area contributed by atoms with Crippen LogP contribution in [0.1, 0.15) is 39.2 Å². The number of carbonyl (C=O) groups is 1. The van der Waals surface area contributed by atoms with E-state index in [9.17, 15) is 4.79 Å². The van der Waals surface area contributed by atoms with Crippen molar-refractivity contribution in [2.24, 2.45) is 0 Å². The highest BCUT2D eigenvalue weighted by molar-refractivity contribution is 5.97. The standard InChI is InChI=1S/C18H21NO2/c1-13-17(8-9-21-13)11-19(2)12-18(20)16-7-6-14-4-3-5-15(14)10-16/h6-10H,3-5,11-12H2,1-2H3. The number of likely N-dealkylation sites (N-methyl/N-ethyl adjacent to an activating group) is 1. The first-order valence-corrected chi connectivity index (χ1v) is 7.50. The van der Waals surface area contributed by atoms with Crippen molar-refractivity contribution >= 4 is 5.78 Å². The average Bonchev–Trinajstić information content (AvgIpc) is 3.07. The van der Waals surface area contributed by atoms with Gasteiger partial charge in [0, 0.05) is 17.7 Å². The zero-order chi connectivity index (χ0) is 14.8. The first-order valence-electron chi connectivity index (χ1n) is 7.50. The summed E-state index contributed by atoms with van der Waals surface area (Å²) in [7, 11) is 1.97. The van der Waals surface area contributed by atoms with Gasteiger partial charge in [-0.15, -0.1) is 0 Å². The number of Topliss-reactive ketones (excluding diaryl/α,β-unsaturated/α-hetero) is 1. The van der Waals surface area contributed by atoms with E-state index in [0.717, 1.165) is 36.3 Å². The second-order valence-corrected chi connectivity index (χ2v) is 5.93. The smallest absolute Gasteiger partial charge is 0.176 e. The maximum Gasteiger partial charge on any atom is 0.176 e. The van der Waals surface area contributed by atoms with Gasteiger partial charge in [0.1, 0.15) is 5.76 Å². The van der Waals surface area contributed by atoms with E-state index < -0.39 is 0 Å². The Kier molecular flexibility index (Phi) is 3.93. The minimum absolute atomic E-state index is 0.188. The Bertz CT molecular complexity index is 657. The predicted molar refractivity (Wildman–Crippen MR) is 82.6 cm³/mol. The van der Waals surface area contributed by atoms with Crippen LogP contribution in [0.15, 0.2) is 34.9 Å². The molecule has 110 valence electrons. The second kappa shape index (κ2) is 5.86. The lowest BCUT2D eigenvalue weighted by Gasteiger charge is -2.15. The van der Waals surface area contributed by atoms with Crippen LogP contribution in [0, 0.1) is 6.92 Å². The monoisotopic (exact) mass is 283 g/mol. The van der Waals surface area contributed by atoms with Crippen LogP contribution in [-0.4, -0.2) is 24.3 Å². The van der Waals surface area contributed by atoms with E-state index >= 15 is 0 Å². The van der Waals surface area contributed by atoms with Crippen LogP contribution in [0.4, 0.5) is 0 Å². The summed E-state index contributed by atoms with van der Waals surface area (Å²) in [5.41, 5.74) is 4.74. The Morgan fingerprint density at radius 1 is 1.24 bits per heavy atom. The van der Waals surface area contributed by atoms with Gasteiger partial charge in [-0.05, 0) is 56.5 Å². The van der Waals surface area contributed by atoms with E-state index in [4.69, 9.17) is 4.42 Å². The lowest BCUT2D eigenvalue weighted by atomic mass is 10.0. The molecule has 3 nitrogen and oxygen atoms in total. The number of furan rings is 1.